The zero-order valence-electron chi connectivity index (χ0n) is 9.86. The van der Waals surface area contributed by atoms with Gasteiger partial charge in [-0.2, -0.15) is 5.10 Å². The Morgan fingerprint density at radius 1 is 1.38 bits per heavy atom. The molecule has 2 aromatic rings. The molecule has 0 fully saturated rings. The highest BCUT2D eigenvalue weighted by Crippen LogP contribution is 2.22. The van der Waals surface area contributed by atoms with Gasteiger partial charge < -0.3 is 5.32 Å². The first kappa shape index (κ1) is 10.8. The molecule has 0 bridgehead atoms. The molecule has 0 saturated heterocycles. The van der Waals surface area contributed by atoms with Gasteiger partial charge in [-0.15, -0.1) is 0 Å². The standard InChI is InChI=1S/C12H16N4/c1-9-12(8-16(3)15-9)11-4-10(5-13-2)6-14-7-11/h4,6-8,13H,5H2,1-3H3. The molecule has 0 aliphatic heterocycles. The van der Waals surface area contributed by atoms with Crippen LogP contribution in [0, 0.1) is 6.92 Å². The maximum atomic E-state index is 4.34. The number of nitrogens with zero attached hydrogens (tertiary/aromatic N) is 3. The molecule has 4 heteroatoms. The Morgan fingerprint density at radius 2 is 2.19 bits per heavy atom. The van der Waals surface area contributed by atoms with Crippen LogP contribution >= 0.6 is 0 Å². The molecular weight excluding hydrogens is 200 g/mol. The summed E-state index contributed by atoms with van der Waals surface area (Å²) in [7, 11) is 3.86. The number of rotatable bonds is 3. The van der Waals surface area contributed by atoms with E-state index in [2.05, 4.69) is 21.5 Å². The van der Waals surface area contributed by atoms with E-state index in [1.165, 1.54) is 5.56 Å². The van der Waals surface area contributed by atoms with Gasteiger partial charge in [0.1, 0.15) is 0 Å². The molecule has 0 saturated carbocycles. The lowest BCUT2D eigenvalue weighted by atomic mass is 10.1. The van der Waals surface area contributed by atoms with Gasteiger partial charge in [0.15, 0.2) is 0 Å². The van der Waals surface area contributed by atoms with Gasteiger partial charge in [0, 0.05) is 43.3 Å². The topological polar surface area (TPSA) is 42.7 Å². The maximum absolute atomic E-state index is 4.34. The van der Waals surface area contributed by atoms with Crippen molar-refractivity contribution in [2.75, 3.05) is 7.05 Å². The van der Waals surface area contributed by atoms with Crippen molar-refractivity contribution in [1.82, 2.24) is 20.1 Å². The molecule has 0 aliphatic carbocycles. The molecule has 0 atom stereocenters. The minimum atomic E-state index is 0.833. The molecule has 0 amide bonds. The lowest BCUT2D eigenvalue weighted by molar-refractivity contribution is 0.756. The van der Waals surface area contributed by atoms with Crippen LogP contribution in [0.4, 0.5) is 0 Å². The summed E-state index contributed by atoms with van der Waals surface area (Å²) in [5.41, 5.74) is 4.49. The molecule has 0 aliphatic rings. The molecule has 2 heterocycles. The monoisotopic (exact) mass is 216 g/mol. The third-order valence-corrected chi connectivity index (χ3v) is 2.50. The van der Waals surface area contributed by atoms with Gasteiger partial charge in [-0.25, -0.2) is 0 Å². The van der Waals surface area contributed by atoms with Crippen LogP contribution in [0.2, 0.25) is 0 Å². The minimum absolute atomic E-state index is 0.833. The predicted octanol–water partition coefficient (Wildman–Crippen LogP) is 1.51. The molecule has 0 spiro atoms. The largest absolute Gasteiger partial charge is 0.316 e. The summed E-state index contributed by atoms with van der Waals surface area (Å²) in [6.45, 7) is 2.85. The van der Waals surface area contributed by atoms with Crippen molar-refractivity contribution in [3.05, 3.63) is 35.9 Å². The summed E-state index contributed by atoms with van der Waals surface area (Å²) >= 11 is 0. The minimum Gasteiger partial charge on any atom is -0.316 e. The van der Waals surface area contributed by atoms with Crippen LogP contribution in [-0.4, -0.2) is 21.8 Å². The van der Waals surface area contributed by atoms with E-state index in [1.807, 2.05) is 44.3 Å². The fourth-order valence-electron chi connectivity index (χ4n) is 1.82. The van der Waals surface area contributed by atoms with Gasteiger partial charge in [0.25, 0.3) is 0 Å². The van der Waals surface area contributed by atoms with Crippen LogP contribution in [0.15, 0.2) is 24.7 Å². The van der Waals surface area contributed by atoms with E-state index in [0.29, 0.717) is 0 Å². The molecule has 0 unspecified atom stereocenters. The average molecular weight is 216 g/mol. The van der Waals surface area contributed by atoms with Crippen molar-refractivity contribution >= 4 is 0 Å². The quantitative estimate of drug-likeness (QED) is 0.845. The van der Waals surface area contributed by atoms with Gasteiger partial charge >= 0.3 is 0 Å². The highest BCUT2D eigenvalue weighted by Gasteiger charge is 2.06. The first-order valence-corrected chi connectivity index (χ1v) is 5.30. The summed E-state index contributed by atoms with van der Waals surface area (Å²) < 4.78 is 1.83. The zero-order valence-corrected chi connectivity index (χ0v) is 9.86. The average Bonchev–Trinajstić information content (AvgIpc) is 2.59. The van der Waals surface area contributed by atoms with E-state index < -0.39 is 0 Å². The molecule has 4 nitrogen and oxygen atoms in total. The Balaban J connectivity index is 2.40. The van der Waals surface area contributed by atoms with Crippen molar-refractivity contribution in [2.45, 2.75) is 13.5 Å². The number of hydrogen-bond donors (Lipinski definition) is 1. The molecule has 84 valence electrons. The number of aromatic nitrogens is 3. The fraction of sp³-hybridized carbons (Fsp3) is 0.333. The molecule has 0 radical (unpaired) electrons. The fourth-order valence-corrected chi connectivity index (χ4v) is 1.82. The summed E-state index contributed by atoms with van der Waals surface area (Å²) in [6.07, 6.45) is 5.78. The number of hydrogen-bond acceptors (Lipinski definition) is 3. The van der Waals surface area contributed by atoms with E-state index in [0.717, 1.165) is 23.4 Å². The maximum Gasteiger partial charge on any atom is 0.0672 e. The van der Waals surface area contributed by atoms with E-state index in [-0.39, 0.29) is 0 Å². The van der Waals surface area contributed by atoms with Crippen molar-refractivity contribution in [3.63, 3.8) is 0 Å². The Labute approximate surface area is 95.3 Å². The van der Waals surface area contributed by atoms with Crippen LogP contribution in [0.25, 0.3) is 11.1 Å². The molecular formula is C12H16N4. The van der Waals surface area contributed by atoms with Crippen LogP contribution in [0.1, 0.15) is 11.3 Å². The van der Waals surface area contributed by atoms with Crippen LogP contribution in [0.5, 0.6) is 0 Å². The first-order valence-electron chi connectivity index (χ1n) is 5.30. The smallest absolute Gasteiger partial charge is 0.0672 e. The van der Waals surface area contributed by atoms with Gasteiger partial charge in [-0.1, -0.05) is 0 Å². The molecule has 0 aromatic carbocycles. The second-order valence-corrected chi connectivity index (χ2v) is 3.91. The second-order valence-electron chi connectivity index (χ2n) is 3.91. The van der Waals surface area contributed by atoms with Gasteiger partial charge in [0.05, 0.1) is 5.69 Å². The second kappa shape index (κ2) is 4.45. The van der Waals surface area contributed by atoms with E-state index >= 15 is 0 Å². The van der Waals surface area contributed by atoms with Crippen molar-refractivity contribution in [2.24, 2.45) is 7.05 Å². The number of nitrogens with one attached hydrogen (secondary N) is 1. The lowest BCUT2D eigenvalue weighted by Crippen LogP contribution is -2.05. The zero-order chi connectivity index (χ0) is 11.5. The first-order chi connectivity index (χ1) is 7.70. The van der Waals surface area contributed by atoms with Crippen molar-refractivity contribution < 1.29 is 0 Å². The number of pyridine rings is 1. The van der Waals surface area contributed by atoms with Gasteiger partial charge in [-0.3, -0.25) is 9.67 Å². The highest BCUT2D eigenvalue weighted by atomic mass is 15.2. The van der Waals surface area contributed by atoms with E-state index in [4.69, 9.17) is 0 Å². The lowest BCUT2D eigenvalue weighted by Gasteiger charge is -2.03. The van der Waals surface area contributed by atoms with Gasteiger partial charge in [-0.05, 0) is 25.6 Å². The van der Waals surface area contributed by atoms with Crippen molar-refractivity contribution in [1.29, 1.82) is 0 Å². The van der Waals surface area contributed by atoms with Crippen LogP contribution < -0.4 is 5.32 Å². The van der Waals surface area contributed by atoms with E-state index in [9.17, 15) is 0 Å². The Bertz CT molecular complexity index is 488. The Morgan fingerprint density at radius 3 is 2.81 bits per heavy atom. The third kappa shape index (κ3) is 2.12. The molecule has 2 rings (SSSR count). The Kier molecular flexibility index (Phi) is 3.01. The third-order valence-electron chi connectivity index (χ3n) is 2.50. The molecule has 16 heavy (non-hydrogen) atoms. The number of aryl methyl sites for hydroxylation is 2. The molecule has 1 N–H and O–H groups in total. The van der Waals surface area contributed by atoms with Crippen molar-refractivity contribution in [3.8, 4) is 11.1 Å². The SMILES string of the molecule is CNCc1cncc(-c2cn(C)nc2C)c1. The van der Waals surface area contributed by atoms with E-state index in [1.54, 1.807) is 0 Å². The molecule has 2 aromatic heterocycles. The van der Waals surface area contributed by atoms with Crippen LogP contribution in [-0.2, 0) is 13.6 Å². The summed E-state index contributed by atoms with van der Waals surface area (Å²) in [6, 6.07) is 2.15. The normalized spacial score (nSPS) is 10.7. The highest BCUT2D eigenvalue weighted by molar-refractivity contribution is 5.64. The summed E-state index contributed by atoms with van der Waals surface area (Å²) in [5.74, 6) is 0. The van der Waals surface area contributed by atoms with Gasteiger partial charge in [0.2, 0.25) is 0 Å². The predicted molar refractivity (Wildman–Crippen MR) is 63.9 cm³/mol. The summed E-state index contributed by atoms with van der Waals surface area (Å²) in [5, 5.41) is 7.46. The Hall–Kier alpha value is -1.68. The van der Waals surface area contributed by atoms with Crippen LogP contribution in [0.3, 0.4) is 0 Å². The summed E-state index contributed by atoms with van der Waals surface area (Å²) in [4.78, 5) is 4.25.